The Morgan fingerprint density at radius 2 is 1.93 bits per heavy atom. The summed E-state index contributed by atoms with van der Waals surface area (Å²) in [4.78, 5) is 21.9. The lowest BCUT2D eigenvalue weighted by molar-refractivity contribution is 0.0964. The summed E-state index contributed by atoms with van der Waals surface area (Å²) in [6.07, 6.45) is 18.6. The van der Waals surface area contributed by atoms with Crippen molar-refractivity contribution in [2.45, 2.75) is 91.0 Å². The van der Waals surface area contributed by atoms with Crippen molar-refractivity contribution >= 4 is 29.0 Å². The number of nitrogens with one attached hydrogen (secondary N) is 2. The minimum absolute atomic E-state index is 0.116. The molecule has 2 aliphatic carbocycles. The molecule has 0 unspecified atom stereocenters. The molecular weight excluding hydrogens is 570 g/mol. The highest BCUT2D eigenvalue weighted by molar-refractivity contribution is 6.05. The van der Waals surface area contributed by atoms with Crippen LogP contribution in [0.25, 0.3) is 11.1 Å². The van der Waals surface area contributed by atoms with Crippen LogP contribution in [0.1, 0.15) is 101 Å². The van der Waals surface area contributed by atoms with Crippen molar-refractivity contribution in [1.29, 1.82) is 0 Å². The smallest absolute Gasteiger partial charge is 0.255 e. The van der Waals surface area contributed by atoms with E-state index >= 15 is 4.39 Å². The predicted octanol–water partition coefficient (Wildman–Crippen LogP) is 8.25. The first-order valence-corrected chi connectivity index (χ1v) is 16.0. The summed E-state index contributed by atoms with van der Waals surface area (Å²) < 4.78 is 31.3. The van der Waals surface area contributed by atoms with Gasteiger partial charge < -0.3 is 10.6 Å². The van der Waals surface area contributed by atoms with Crippen LogP contribution < -0.4 is 10.6 Å². The molecule has 1 saturated carbocycles. The molecule has 1 fully saturated rings. The molecule has 0 spiro atoms. The molecule has 2 aromatic rings. The number of nitrogens with zero attached hydrogens (tertiary/aromatic N) is 4. The summed E-state index contributed by atoms with van der Waals surface area (Å²) in [7, 11) is 3.28. The SMILES string of the molecule is C=C(NC1(C(N=CCC)=NC)CC1)/C(C)=C/C=C\Cc1ccn2nc(/C3=C/CC/C=C(/F)CCC3)c(C(=O)NC)c2c1F.CC. The third-order valence-electron chi connectivity index (χ3n) is 7.83. The summed E-state index contributed by atoms with van der Waals surface area (Å²) in [5.74, 6) is -0.218. The van der Waals surface area contributed by atoms with Gasteiger partial charge in [0.25, 0.3) is 5.91 Å². The second-order valence-electron chi connectivity index (χ2n) is 11.0. The third kappa shape index (κ3) is 8.74. The van der Waals surface area contributed by atoms with Crippen LogP contribution in [-0.4, -0.2) is 47.2 Å². The largest absolute Gasteiger partial charge is 0.373 e. The fourth-order valence-corrected chi connectivity index (χ4v) is 5.22. The molecule has 7 nitrogen and oxygen atoms in total. The van der Waals surface area contributed by atoms with E-state index in [-0.39, 0.29) is 22.4 Å². The van der Waals surface area contributed by atoms with Crippen molar-refractivity contribution in [2.75, 3.05) is 14.1 Å². The molecule has 9 heteroatoms. The van der Waals surface area contributed by atoms with Gasteiger partial charge in [-0.15, -0.1) is 0 Å². The number of carbonyl (C=O) groups is 1. The zero-order chi connectivity index (χ0) is 33.0. The van der Waals surface area contributed by atoms with Crippen molar-refractivity contribution in [1.82, 2.24) is 20.2 Å². The molecule has 2 heterocycles. The number of rotatable bonds is 10. The van der Waals surface area contributed by atoms with Gasteiger partial charge in [0.1, 0.15) is 17.0 Å². The van der Waals surface area contributed by atoms with Gasteiger partial charge in [-0.1, -0.05) is 57.7 Å². The topological polar surface area (TPSA) is 83.2 Å². The summed E-state index contributed by atoms with van der Waals surface area (Å²) in [5, 5.41) is 10.8. The Labute approximate surface area is 266 Å². The van der Waals surface area contributed by atoms with E-state index in [0.29, 0.717) is 49.8 Å². The first kappa shape index (κ1) is 35.3. The molecule has 4 rings (SSSR count). The van der Waals surface area contributed by atoms with E-state index in [4.69, 9.17) is 0 Å². The summed E-state index contributed by atoms with van der Waals surface area (Å²) in [6, 6.07) is 1.68. The van der Waals surface area contributed by atoms with Crippen LogP contribution in [0.5, 0.6) is 0 Å². The van der Waals surface area contributed by atoms with Crippen LogP contribution in [0.4, 0.5) is 8.78 Å². The van der Waals surface area contributed by atoms with E-state index in [1.807, 2.05) is 58.2 Å². The van der Waals surface area contributed by atoms with E-state index in [1.54, 1.807) is 25.4 Å². The predicted molar refractivity (Wildman–Crippen MR) is 183 cm³/mol. The Hall–Kier alpha value is -4.14. The van der Waals surface area contributed by atoms with Crippen LogP contribution in [0.3, 0.4) is 0 Å². The number of aliphatic imine (C=N–C) groups is 2. The number of halogens is 2. The van der Waals surface area contributed by atoms with Crippen molar-refractivity contribution in [2.24, 2.45) is 9.98 Å². The van der Waals surface area contributed by atoms with Gasteiger partial charge >= 0.3 is 0 Å². The van der Waals surface area contributed by atoms with E-state index in [9.17, 15) is 9.18 Å². The lowest BCUT2D eigenvalue weighted by Gasteiger charge is -2.20. The highest BCUT2D eigenvalue weighted by Gasteiger charge is 2.48. The van der Waals surface area contributed by atoms with Gasteiger partial charge in [-0.2, -0.15) is 5.10 Å². The summed E-state index contributed by atoms with van der Waals surface area (Å²) in [5.41, 5.74) is 3.56. The number of hydrogen-bond donors (Lipinski definition) is 2. The lowest BCUT2D eigenvalue weighted by atomic mass is 9.99. The van der Waals surface area contributed by atoms with Crippen molar-refractivity contribution in [3.8, 4) is 0 Å². The average Bonchev–Trinajstić information content (AvgIpc) is 3.68. The number of allylic oxidation sites excluding steroid dienone is 8. The van der Waals surface area contributed by atoms with Crippen LogP contribution in [0.2, 0.25) is 0 Å². The summed E-state index contributed by atoms with van der Waals surface area (Å²) in [6.45, 7) is 12.2. The molecule has 45 heavy (non-hydrogen) atoms. The van der Waals surface area contributed by atoms with Crippen LogP contribution in [0, 0.1) is 5.82 Å². The Morgan fingerprint density at radius 3 is 2.60 bits per heavy atom. The maximum Gasteiger partial charge on any atom is 0.255 e. The third-order valence-corrected chi connectivity index (χ3v) is 7.83. The molecule has 0 radical (unpaired) electrons. The van der Waals surface area contributed by atoms with Crippen LogP contribution >= 0.6 is 0 Å². The van der Waals surface area contributed by atoms with Gasteiger partial charge in [0.2, 0.25) is 0 Å². The first-order chi connectivity index (χ1) is 21.7. The maximum absolute atomic E-state index is 16.0. The molecule has 2 N–H and O–H groups in total. The molecular formula is C36H48F2N6O. The average molecular weight is 619 g/mol. The Kier molecular flexibility index (Phi) is 13.2. The molecule has 242 valence electrons. The van der Waals surface area contributed by atoms with Crippen molar-refractivity contribution in [3.05, 3.63) is 89.0 Å². The van der Waals surface area contributed by atoms with Gasteiger partial charge in [0.15, 0.2) is 5.82 Å². The fourth-order valence-electron chi connectivity index (χ4n) is 5.22. The van der Waals surface area contributed by atoms with Crippen molar-refractivity contribution in [3.63, 3.8) is 0 Å². The number of fused-ring (bicyclic) bond motifs is 1. The Balaban J connectivity index is 0.00000271. The molecule has 2 aliphatic rings. The molecule has 0 saturated heterocycles. The maximum atomic E-state index is 16.0. The summed E-state index contributed by atoms with van der Waals surface area (Å²) >= 11 is 0. The minimum Gasteiger partial charge on any atom is -0.373 e. The highest BCUT2D eigenvalue weighted by atomic mass is 19.1. The number of aromatic nitrogens is 2. The molecule has 0 aliphatic heterocycles. The quantitative estimate of drug-likeness (QED) is 0.160. The van der Waals surface area contributed by atoms with Gasteiger partial charge in [0, 0.05) is 32.2 Å². The Morgan fingerprint density at radius 1 is 1.20 bits per heavy atom. The monoisotopic (exact) mass is 618 g/mol. The number of carbonyl (C=O) groups excluding carboxylic acids is 1. The first-order valence-electron chi connectivity index (χ1n) is 16.0. The number of hydrogen-bond acceptors (Lipinski definition) is 4. The molecule has 0 aromatic carbocycles. The van der Waals surface area contributed by atoms with E-state index in [0.717, 1.165) is 41.9 Å². The molecule has 0 atom stereocenters. The minimum atomic E-state index is -0.484. The fraction of sp³-hybridized carbons (Fsp3) is 0.444. The lowest BCUT2D eigenvalue weighted by Crippen LogP contribution is -2.38. The van der Waals surface area contributed by atoms with Gasteiger partial charge in [-0.3, -0.25) is 9.79 Å². The number of amidine groups is 1. The molecule has 0 bridgehead atoms. The van der Waals surface area contributed by atoms with E-state index < -0.39 is 11.7 Å². The van der Waals surface area contributed by atoms with E-state index in [2.05, 4.69) is 32.3 Å². The standard InChI is InChI=1S/C34H42F2N6O.C2H6/c1-6-21-39-33(38-5)34(19-20-34)40-24(3)23(2)12-7-8-13-25-18-22-42-31(29(25)36)28(32(43)37-4)30(41-42)26-14-9-10-16-27(35)17-11-15-26;1-2/h7-8,12,14,16,18,21-22,40H,3,6,9-11,13,15,17,19-20H2,1-2,4-5H3,(H,37,43);1-2H3/b8-7-,23-12+,26-14+,27-16+,38-33?,39-21?;. The number of amides is 1. The van der Waals surface area contributed by atoms with Crippen molar-refractivity contribution < 1.29 is 13.6 Å². The number of pyridine rings is 1. The van der Waals surface area contributed by atoms with Gasteiger partial charge in [-0.05, 0) is 87.5 Å². The van der Waals surface area contributed by atoms with Crippen LogP contribution in [0.15, 0.2) is 76.3 Å². The Bertz CT molecular complexity index is 1550. The molecule has 2 aromatic heterocycles. The van der Waals surface area contributed by atoms with Gasteiger partial charge in [0.05, 0.1) is 16.9 Å². The molecule has 1 amide bonds. The van der Waals surface area contributed by atoms with E-state index in [1.165, 1.54) is 11.6 Å². The zero-order valence-corrected chi connectivity index (χ0v) is 27.6. The second kappa shape index (κ2) is 16.8. The second-order valence-corrected chi connectivity index (χ2v) is 11.0. The highest BCUT2D eigenvalue weighted by Crippen LogP contribution is 2.39. The van der Waals surface area contributed by atoms with Crippen LogP contribution in [-0.2, 0) is 6.42 Å². The normalized spacial score (nSPS) is 19.5. The zero-order valence-electron chi connectivity index (χ0n) is 27.6. The van der Waals surface area contributed by atoms with Gasteiger partial charge in [-0.25, -0.2) is 18.3 Å².